The van der Waals surface area contributed by atoms with E-state index in [1.165, 1.54) is 36.0 Å². The Bertz CT molecular complexity index is 863. The van der Waals surface area contributed by atoms with Gasteiger partial charge >= 0.3 is 5.97 Å². The topological polar surface area (TPSA) is 102 Å². The Morgan fingerprint density at radius 2 is 1.70 bits per heavy atom. The van der Waals surface area contributed by atoms with Gasteiger partial charge < -0.3 is 15.7 Å². The third-order valence-corrected chi connectivity index (χ3v) is 3.91. The SMILES string of the molecule is CCCCc1ccc(N/C=C(/C#N)C(=O)Nc2ccc(C(=O)O)cc2)cc1. The number of nitrogens with zero attached hydrogens (tertiary/aromatic N) is 1. The molecule has 2 rings (SSSR count). The second-order valence-corrected chi connectivity index (χ2v) is 5.95. The van der Waals surface area contributed by atoms with Gasteiger partial charge in [-0.25, -0.2) is 4.79 Å². The van der Waals surface area contributed by atoms with Gasteiger partial charge in [-0.15, -0.1) is 0 Å². The molecule has 0 aromatic heterocycles. The molecular formula is C21H21N3O3. The summed E-state index contributed by atoms with van der Waals surface area (Å²) in [4.78, 5) is 23.0. The standard InChI is InChI=1S/C21H21N3O3/c1-2-3-4-15-5-9-18(10-6-15)23-14-17(13-22)20(25)24-19-11-7-16(8-12-19)21(26)27/h5-12,14,23H,2-4H2,1H3,(H,24,25)(H,26,27)/b17-14-. The molecule has 138 valence electrons. The van der Waals surface area contributed by atoms with Gasteiger partial charge in [0.15, 0.2) is 0 Å². The van der Waals surface area contributed by atoms with Crippen LogP contribution in [0.1, 0.15) is 35.7 Å². The first kappa shape index (κ1) is 19.7. The number of nitriles is 1. The van der Waals surface area contributed by atoms with E-state index in [0.717, 1.165) is 24.9 Å². The predicted molar refractivity (Wildman–Crippen MR) is 104 cm³/mol. The first-order valence-electron chi connectivity index (χ1n) is 8.64. The van der Waals surface area contributed by atoms with E-state index in [1.807, 2.05) is 30.3 Å². The zero-order valence-electron chi connectivity index (χ0n) is 15.0. The van der Waals surface area contributed by atoms with Crippen LogP contribution in [0.3, 0.4) is 0 Å². The van der Waals surface area contributed by atoms with Gasteiger partial charge in [-0.2, -0.15) is 5.26 Å². The summed E-state index contributed by atoms with van der Waals surface area (Å²) in [5.41, 5.74) is 2.46. The molecule has 0 atom stereocenters. The molecule has 0 saturated heterocycles. The maximum Gasteiger partial charge on any atom is 0.335 e. The van der Waals surface area contributed by atoms with Crippen LogP contribution < -0.4 is 10.6 Å². The first-order valence-corrected chi connectivity index (χ1v) is 8.64. The van der Waals surface area contributed by atoms with Gasteiger partial charge in [0.25, 0.3) is 5.91 Å². The normalized spacial score (nSPS) is 10.7. The highest BCUT2D eigenvalue weighted by atomic mass is 16.4. The molecular weight excluding hydrogens is 342 g/mol. The molecule has 2 aromatic carbocycles. The van der Waals surface area contributed by atoms with Gasteiger partial charge in [-0.3, -0.25) is 4.79 Å². The van der Waals surface area contributed by atoms with E-state index >= 15 is 0 Å². The number of rotatable bonds is 8. The molecule has 0 unspecified atom stereocenters. The van der Waals surface area contributed by atoms with Crippen LogP contribution in [-0.2, 0) is 11.2 Å². The van der Waals surface area contributed by atoms with Crippen LogP contribution in [0, 0.1) is 11.3 Å². The molecule has 2 aromatic rings. The van der Waals surface area contributed by atoms with Gasteiger partial charge in [0, 0.05) is 17.6 Å². The summed E-state index contributed by atoms with van der Waals surface area (Å²) < 4.78 is 0. The molecule has 6 heteroatoms. The minimum Gasteiger partial charge on any atom is -0.478 e. The van der Waals surface area contributed by atoms with Crippen LogP contribution in [0.5, 0.6) is 0 Å². The molecule has 0 radical (unpaired) electrons. The Balaban J connectivity index is 1.99. The zero-order valence-corrected chi connectivity index (χ0v) is 15.0. The van der Waals surface area contributed by atoms with Crippen LogP contribution in [-0.4, -0.2) is 17.0 Å². The van der Waals surface area contributed by atoms with Crippen molar-refractivity contribution >= 4 is 23.3 Å². The number of carbonyl (C=O) groups excluding carboxylic acids is 1. The van der Waals surface area contributed by atoms with E-state index in [2.05, 4.69) is 17.6 Å². The fourth-order valence-electron chi connectivity index (χ4n) is 2.35. The van der Waals surface area contributed by atoms with Gasteiger partial charge in [0.2, 0.25) is 0 Å². The van der Waals surface area contributed by atoms with E-state index < -0.39 is 11.9 Å². The molecule has 0 aliphatic rings. The fourth-order valence-corrected chi connectivity index (χ4v) is 2.35. The van der Waals surface area contributed by atoms with Crippen molar-refractivity contribution in [2.24, 2.45) is 0 Å². The van der Waals surface area contributed by atoms with E-state index in [-0.39, 0.29) is 11.1 Å². The molecule has 0 aliphatic carbocycles. The molecule has 27 heavy (non-hydrogen) atoms. The molecule has 0 saturated carbocycles. The van der Waals surface area contributed by atoms with Crippen LogP contribution in [0.15, 0.2) is 60.3 Å². The lowest BCUT2D eigenvalue weighted by molar-refractivity contribution is -0.112. The van der Waals surface area contributed by atoms with E-state index in [1.54, 1.807) is 0 Å². The Morgan fingerprint density at radius 1 is 1.07 bits per heavy atom. The predicted octanol–water partition coefficient (Wildman–Crippen LogP) is 4.19. The highest BCUT2D eigenvalue weighted by Gasteiger charge is 2.10. The summed E-state index contributed by atoms with van der Waals surface area (Å²) in [6.45, 7) is 2.15. The van der Waals surface area contributed by atoms with Crippen molar-refractivity contribution in [1.82, 2.24) is 0 Å². The number of carbonyl (C=O) groups is 2. The lowest BCUT2D eigenvalue weighted by atomic mass is 10.1. The Labute approximate surface area is 158 Å². The first-order chi connectivity index (χ1) is 13.0. The minimum atomic E-state index is -1.05. The maximum absolute atomic E-state index is 12.2. The van der Waals surface area contributed by atoms with E-state index in [0.29, 0.717) is 5.69 Å². The molecule has 0 fully saturated rings. The average molecular weight is 363 g/mol. The van der Waals surface area contributed by atoms with E-state index in [9.17, 15) is 14.9 Å². The molecule has 3 N–H and O–H groups in total. The minimum absolute atomic E-state index is 0.0904. The molecule has 0 bridgehead atoms. The number of unbranched alkanes of at least 4 members (excludes halogenated alkanes) is 1. The summed E-state index contributed by atoms with van der Waals surface area (Å²) in [6, 6.07) is 15.4. The van der Waals surface area contributed by atoms with Crippen LogP contribution in [0.2, 0.25) is 0 Å². The highest BCUT2D eigenvalue weighted by Crippen LogP contribution is 2.14. The van der Waals surface area contributed by atoms with Crippen molar-refractivity contribution < 1.29 is 14.7 Å². The summed E-state index contributed by atoms with van der Waals surface area (Å²) in [7, 11) is 0. The number of amides is 1. The van der Waals surface area contributed by atoms with E-state index in [4.69, 9.17) is 5.11 Å². The Morgan fingerprint density at radius 3 is 2.26 bits per heavy atom. The van der Waals surface area contributed by atoms with Crippen molar-refractivity contribution in [3.05, 3.63) is 71.4 Å². The highest BCUT2D eigenvalue weighted by molar-refractivity contribution is 6.06. The maximum atomic E-state index is 12.2. The van der Waals surface area contributed by atoms with Gasteiger partial charge in [-0.05, 0) is 54.8 Å². The summed E-state index contributed by atoms with van der Waals surface area (Å²) in [5.74, 6) is -1.62. The number of carboxylic acids is 1. The summed E-state index contributed by atoms with van der Waals surface area (Å²) in [5, 5.41) is 23.6. The quantitative estimate of drug-likeness (QED) is 0.482. The number of carboxylic acid groups (broad SMARTS) is 1. The van der Waals surface area contributed by atoms with Gasteiger partial charge in [0.1, 0.15) is 11.6 Å². The largest absolute Gasteiger partial charge is 0.478 e. The van der Waals surface area contributed by atoms with Crippen molar-refractivity contribution in [3.63, 3.8) is 0 Å². The van der Waals surface area contributed by atoms with Crippen LogP contribution in [0.25, 0.3) is 0 Å². The lowest BCUT2D eigenvalue weighted by Crippen LogP contribution is -2.14. The van der Waals surface area contributed by atoms with Crippen LogP contribution in [0.4, 0.5) is 11.4 Å². The third-order valence-electron chi connectivity index (χ3n) is 3.91. The second kappa shape index (κ2) is 9.78. The smallest absolute Gasteiger partial charge is 0.335 e. The van der Waals surface area contributed by atoms with Gasteiger partial charge in [0.05, 0.1) is 5.56 Å². The number of hydrogen-bond acceptors (Lipinski definition) is 4. The monoisotopic (exact) mass is 363 g/mol. The Kier molecular flexibility index (Phi) is 7.15. The molecule has 0 spiro atoms. The number of nitrogens with one attached hydrogen (secondary N) is 2. The van der Waals surface area contributed by atoms with Crippen molar-refractivity contribution in [3.8, 4) is 6.07 Å². The lowest BCUT2D eigenvalue weighted by Gasteiger charge is -2.06. The van der Waals surface area contributed by atoms with Crippen molar-refractivity contribution in [1.29, 1.82) is 5.26 Å². The third kappa shape index (κ3) is 6.01. The summed E-state index contributed by atoms with van der Waals surface area (Å²) >= 11 is 0. The number of hydrogen-bond donors (Lipinski definition) is 3. The number of aromatic carboxylic acids is 1. The van der Waals surface area contributed by atoms with Crippen molar-refractivity contribution in [2.45, 2.75) is 26.2 Å². The number of anilines is 2. The average Bonchev–Trinajstić information content (AvgIpc) is 2.68. The molecule has 1 amide bonds. The Hall–Kier alpha value is -3.59. The van der Waals surface area contributed by atoms with Crippen molar-refractivity contribution in [2.75, 3.05) is 10.6 Å². The number of benzene rings is 2. The molecule has 0 aliphatic heterocycles. The van der Waals surface area contributed by atoms with Crippen LogP contribution >= 0.6 is 0 Å². The van der Waals surface area contributed by atoms with Gasteiger partial charge in [-0.1, -0.05) is 25.5 Å². The second-order valence-electron chi connectivity index (χ2n) is 5.95. The molecule has 0 heterocycles. The molecule has 6 nitrogen and oxygen atoms in total. The fraction of sp³-hybridized carbons (Fsp3) is 0.190. The number of aryl methyl sites for hydroxylation is 1. The summed E-state index contributed by atoms with van der Waals surface area (Å²) in [6.07, 6.45) is 4.66. The zero-order chi connectivity index (χ0) is 19.6.